The van der Waals surface area contributed by atoms with Crippen LogP contribution in [0.3, 0.4) is 0 Å². The van der Waals surface area contributed by atoms with Gasteiger partial charge in [0.1, 0.15) is 0 Å². The van der Waals surface area contributed by atoms with Crippen molar-refractivity contribution in [1.29, 1.82) is 0 Å². The van der Waals surface area contributed by atoms with Crippen molar-refractivity contribution in [2.24, 2.45) is 0 Å². The summed E-state index contributed by atoms with van der Waals surface area (Å²) in [5, 5.41) is 23.4. The quantitative estimate of drug-likeness (QED) is 0.649. The van der Waals surface area contributed by atoms with Crippen LogP contribution in [-0.4, -0.2) is 39.2 Å². The predicted molar refractivity (Wildman–Crippen MR) is 65.1 cm³/mol. The highest BCUT2D eigenvalue weighted by atomic mass is 16.4. The van der Waals surface area contributed by atoms with E-state index in [0.717, 1.165) is 4.90 Å². The van der Waals surface area contributed by atoms with Crippen molar-refractivity contribution in [3.05, 3.63) is 48.0 Å². The zero-order valence-corrected chi connectivity index (χ0v) is 9.96. The van der Waals surface area contributed by atoms with E-state index in [0.29, 0.717) is 0 Å². The molecule has 1 fully saturated rings. The number of aliphatic hydroxyl groups is 2. The lowest BCUT2D eigenvalue weighted by Gasteiger charge is -2.34. The Morgan fingerprint density at radius 3 is 2.68 bits per heavy atom. The molecule has 6 heteroatoms. The summed E-state index contributed by atoms with van der Waals surface area (Å²) in [7, 11) is 0. The molecule has 0 bridgehead atoms. The Balaban J connectivity index is 2.28. The van der Waals surface area contributed by atoms with Crippen molar-refractivity contribution in [2.45, 2.75) is 11.4 Å². The number of nitrogens with zero attached hydrogens (tertiary/aromatic N) is 1. The fraction of sp³-hybridized carbons (Fsp3) is 0.231. The molecule has 98 valence electrons. The van der Waals surface area contributed by atoms with Crippen LogP contribution < -0.4 is 5.32 Å². The largest absolute Gasteiger partial charge is 0.362 e. The van der Waals surface area contributed by atoms with E-state index in [4.69, 9.17) is 0 Å². The summed E-state index contributed by atoms with van der Waals surface area (Å²) in [5.74, 6) is -0.717. The molecule has 0 saturated carbocycles. The second-order valence-electron chi connectivity index (χ2n) is 4.59. The van der Waals surface area contributed by atoms with Crippen molar-refractivity contribution in [3.63, 3.8) is 0 Å². The lowest BCUT2D eigenvalue weighted by atomic mass is 9.99. The molecule has 0 aromatic heterocycles. The molecule has 2 aliphatic rings. The fourth-order valence-electron chi connectivity index (χ4n) is 2.73. The molecule has 2 atom stereocenters. The fourth-order valence-corrected chi connectivity index (χ4v) is 2.73. The third-order valence-corrected chi connectivity index (χ3v) is 3.62. The molecule has 1 aliphatic carbocycles. The van der Waals surface area contributed by atoms with E-state index >= 15 is 0 Å². The molecule has 6 nitrogen and oxygen atoms in total. The van der Waals surface area contributed by atoms with Crippen molar-refractivity contribution < 1.29 is 19.8 Å². The number of benzene rings is 1. The van der Waals surface area contributed by atoms with Crippen molar-refractivity contribution in [1.82, 2.24) is 10.2 Å². The second-order valence-corrected chi connectivity index (χ2v) is 4.59. The van der Waals surface area contributed by atoms with Crippen LogP contribution in [0.4, 0.5) is 4.79 Å². The van der Waals surface area contributed by atoms with Gasteiger partial charge in [0.25, 0.3) is 5.72 Å². The van der Waals surface area contributed by atoms with E-state index in [-0.39, 0.29) is 17.7 Å². The smallest absolute Gasteiger partial charge is 0.323 e. The SMILES string of the molecule is C=CCN1C(=O)N[C@]2(O)C(=O)c3ccccc3[C@]12O. The van der Waals surface area contributed by atoms with Crippen LogP contribution in [0.15, 0.2) is 36.9 Å². The number of hydrogen-bond acceptors (Lipinski definition) is 4. The standard InChI is InChI=1S/C13H12N2O4/c1-2-7-15-11(17)14-12(18)10(16)8-5-3-4-6-9(8)13(12,15)19/h2-6,18-19H,1,7H2,(H,14,17)/t12-,13+/m0/s1. The summed E-state index contributed by atoms with van der Waals surface area (Å²) >= 11 is 0. The van der Waals surface area contributed by atoms with Crippen LogP contribution >= 0.6 is 0 Å². The third-order valence-electron chi connectivity index (χ3n) is 3.62. The van der Waals surface area contributed by atoms with E-state index in [1.54, 1.807) is 12.1 Å². The van der Waals surface area contributed by atoms with Gasteiger partial charge < -0.3 is 10.2 Å². The molecular formula is C13H12N2O4. The molecule has 3 rings (SSSR count). The number of ketones is 1. The maximum Gasteiger partial charge on any atom is 0.323 e. The molecule has 1 saturated heterocycles. The number of nitrogens with one attached hydrogen (secondary N) is 1. The van der Waals surface area contributed by atoms with Gasteiger partial charge in [-0.1, -0.05) is 30.3 Å². The van der Waals surface area contributed by atoms with Crippen LogP contribution in [0.5, 0.6) is 0 Å². The minimum Gasteiger partial charge on any atom is -0.362 e. The molecule has 1 aromatic rings. The number of fused-ring (bicyclic) bond motifs is 3. The van der Waals surface area contributed by atoms with Gasteiger partial charge in [0.2, 0.25) is 11.5 Å². The van der Waals surface area contributed by atoms with Gasteiger partial charge in [-0.15, -0.1) is 6.58 Å². The van der Waals surface area contributed by atoms with Gasteiger partial charge in [-0.3, -0.25) is 15.0 Å². The van der Waals surface area contributed by atoms with E-state index in [1.807, 2.05) is 0 Å². The van der Waals surface area contributed by atoms with Crippen molar-refractivity contribution in [3.8, 4) is 0 Å². The predicted octanol–water partition coefficient (Wildman–Crippen LogP) is -0.0722. The van der Waals surface area contributed by atoms with Crippen LogP contribution in [0.25, 0.3) is 0 Å². The molecule has 1 aliphatic heterocycles. The zero-order valence-electron chi connectivity index (χ0n) is 9.96. The highest BCUT2D eigenvalue weighted by Gasteiger charge is 2.71. The first-order chi connectivity index (χ1) is 8.96. The molecule has 1 aromatic carbocycles. The summed E-state index contributed by atoms with van der Waals surface area (Å²) in [5.41, 5.74) is -4.05. The first kappa shape index (κ1) is 11.9. The van der Waals surface area contributed by atoms with Gasteiger partial charge >= 0.3 is 6.03 Å². The zero-order chi connectivity index (χ0) is 13.8. The summed E-state index contributed by atoms with van der Waals surface area (Å²) in [6.07, 6.45) is 1.41. The highest BCUT2D eigenvalue weighted by Crippen LogP contribution is 2.48. The Morgan fingerprint density at radius 2 is 2.00 bits per heavy atom. The number of amides is 2. The van der Waals surface area contributed by atoms with Gasteiger partial charge in [-0.25, -0.2) is 4.79 Å². The van der Waals surface area contributed by atoms with Crippen LogP contribution in [0.2, 0.25) is 0 Å². The molecule has 0 unspecified atom stereocenters. The monoisotopic (exact) mass is 260 g/mol. The Kier molecular flexibility index (Phi) is 2.15. The summed E-state index contributed by atoms with van der Waals surface area (Å²) in [6.45, 7) is 3.51. The number of Topliss-reactive ketones (excluding diaryl/α,β-unsaturated/α-hetero) is 1. The molecule has 0 spiro atoms. The van der Waals surface area contributed by atoms with E-state index in [2.05, 4.69) is 11.9 Å². The summed E-state index contributed by atoms with van der Waals surface area (Å²) in [6, 6.07) is 5.56. The van der Waals surface area contributed by atoms with Gasteiger partial charge in [0, 0.05) is 17.7 Å². The summed E-state index contributed by atoms with van der Waals surface area (Å²) < 4.78 is 0. The van der Waals surface area contributed by atoms with Gasteiger partial charge in [0.05, 0.1) is 0 Å². The van der Waals surface area contributed by atoms with Crippen LogP contribution in [0, 0.1) is 0 Å². The van der Waals surface area contributed by atoms with E-state index in [1.165, 1.54) is 18.2 Å². The second kappa shape index (κ2) is 3.43. The van der Waals surface area contributed by atoms with Gasteiger partial charge in [-0.05, 0) is 0 Å². The normalized spacial score (nSPS) is 32.0. The van der Waals surface area contributed by atoms with Gasteiger partial charge in [0.15, 0.2) is 0 Å². The first-order valence-corrected chi connectivity index (χ1v) is 5.76. The van der Waals surface area contributed by atoms with Crippen LogP contribution in [0.1, 0.15) is 15.9 Å². The Hall–Kier alpha value is -2.18. The maximum atomic E-state index is 12.2. The number of hydrogen-bond donors (Lipinski definition) is 3. The lowest BCUT2D eigenvalue weighted by Crippen LogP contribution is -2.59. The summed E-state index contributed by atoms with van der Waals surface area (Å²) in [4.78, 5) is 25.1. The molecule has 19 heavy (non-hydrogen) atoms. The Bertz CT molecular complexity index is 614. The molecule has 0 radical (unpaired) electrons. The molecular weight excluding hydrogens is 248 g/mol. The first-order valence-electron chi connectivity index (χ1n) is 5.76. The topological polar surface area (TPSA) is 89.9 Å². The average Bonchev–Trinajstić information content (AvgIpc) is 2.69. The van der Waals surface area contributed by atoms with Crippen LogP contribution in [-0.2, 0) is 5.72 Å². The molecule has 3 N–H and O–H groups in total. The number of rotatable bonds is 2. The minimum absolute atomic E-state index is 0.00621. The highest BCUT2D eigenvalue weighted by molar-refractivity contribution is 6.11. The number of carbonyl (C=O) groups excluding carboxylic acids is 2. The van der Waals surface area contributed by atoms with E-state index < -0.39 is 23.3 Å². The minimum atomic E-state index is -2.35. The molecule has 2 amide bonds. The Morgan fingerprint density at radius 1 is 1.32 bits per heavy atom. The average molecular weight is 260 g/mol. The van der Waals surface area contributed by atoms with Gasteiger partial charge in [-0.2, -0.15) is 0 Å². The number of urea groups is 1. The number of carbonyl (C=O) groups is 2. The lowest BCUT2D eigenvalue weighted by molar-refractivity contribution is -0.171. The Labute approximate surface area is 109 Å². The van der Waals surface area contributed by atoms with Crippen molar-refractivity contribution >= 4 is 11.8 Å². The maximum absolute atomic E-state index is 12.2. The molecule has 1 heterocycles. The van der Waals surface area contributed by atoms with E-state index in [9.17, 15) is 19.8 Å². The third kappa shape index (κ3) is 1.13. The van der Waals surface area contributed by atoms with Crippen molar-refractivity contribution in [2.75, 3.05) is 6.54 Å².